The Balaban J connectivity index is 1.72. The summed E-state index contributed by atoms with van der Waals surface area (Å²) < 4.78 is 0. The lowest BCUT2D eigenvalue weighted by Crippen LogP contribution is -2.43. The van der Waals surface area contributed by atoms with Gasteiger partial charge in [-0.25, -0.2) is 0 Å². The van der Waals surface area contributed by atoms with Crippen LogP contribution in [0.4, 0.5) is 0 Å². The number of allylic oxidation sites excluding steroid dienone is 3. The molecule has 2 aliphatic heterocycles. The molecule has 0 unspecified atom stereocenters. The molecule has 0 atom stereocenters. The van der Waals surface area contributed by atoms with Crippen LogP contribution in [0, 0.1) is 0 Å². The van der Waals surface area contributed by atoms with E-state index < -0.39 is 0 Å². The molecule has 0 bridgehead atoms. The Morgan fingerprint density at radius 3 is 2.50 bits per heavy atom. The van der Waals surface area contributed by atoms with Crippen LogP contribution in [0.15, 0.2) is 58.9 Å². The van der Waals surface area contributed by atoms with Crippen molar-refractivity contribution >= 4 is 11.6 Å². The second kappa shape index (κ2) is 6.31. The summed E-state index contributed by atoms with van der Waals surface area (Å²) in [5.41, 5.74) is 6.07. The van der Waals surface area contributed by atoms with Crippen LogP contribution < -0.4 is 0 Å². The average Bonchev–Trinajstić information content (AvgIpc) is 2.54. The van der Waals surface area contributed by atoms with Crippen molar-refractivity contribution in [2.24, 2.45) is 0 Å². The number of nitrogens with zero attached hydrogens (tertiary/aromatic N) is 2. The highest BCUT2D eigenvalue weighted by atomic mass is 35.5. The largest absolute Gasteiger partial charge is 0.347 e. The van der Waals surface area contributed by atoms with E-state index in [1.807, 2.05) is 0 Å². The molecule has 22 heavy (non-hydrogen) atoms. The summed E-state index contributed by atoms with van der Waals surface area (Å²) in [6.07, 6.45) is 3.27. The second-order valence-corrected chi connectivity index (χ2v) is 6.50. The SMILES string of the molecule is C=C1C(C)=CN2CCN(Cc3ccc(CC)cc3)CC2=C1Cl. The number of benzene rings is 1. The van der Waals surface area contributed by atoms with Crippen LogP contribution >= 0.6 is 11.6 Å². The molecule has 0 spiro atoms. The van der Waals surface area contributed by atoms with Crippen LogP contribution in [-0.4, -0.2) is 29.4 Å². The van der Waals surface area contributed by atoms with Crippen molar-refractivity contribution in [3.63, 3.8) is 0 Å². The van der Waals surface area contributed by atoms with Gasteiger partial charge in [-0.1, -0.05) is 49.4 Å². The summed E-state index contributed by atoms with van der Waals surface area (Å²) in [4.78, 5) is 4.74. The van der Waals surface area contributed by atoms with Crippen LogP contribution in [0.2, 0.25) is 0 Å². The Morgan fingerprint density at radius 2 is 1.82 bits per heavy atom. The molecule has 1 saturated heterocycles. The van der Waals surface area contributed by atoms with Crippen molar-refractivity contribution in [1.29, 1.82) is 0 Å². The van der Waals surface area contributed by atoms with E-state index in [1.54, 1.807) is 0 Å². The van der Waals surface area contributed by atoms with Gasteiger partial charge in [-0.15, -0.1) is 0 Å². The van der Waals surface area contributed by atoms with E-state index >= 15 is 0 Å². The molecule has 2 heterocycles. The third-order valence-electron chi connectivity index (χ3n) is 4.56. The summed E-state index contributed by atoms with van der Waals surface area (Å²) in [7, 11) is 0. The standard InChI is InChI=1S/C19H23ClN2/c1-4-16-5-7-17(8-6-16)12-21-9-10-22-11-14(2)15(3)19(20)18(22)13-21/h5-8,11H,3-4,9-10,12-13H2,1-2H3. The van der Waals surface area contributed by atoms with Gasteiger partial charge in [0.2, 0.25) is 0 Å². The molecular formula is C19H23ClN2. The molecule has 3 rings (SSSR count). The van der Waals surface area contributed by atoms with Crippen molar-refractivity contribution < 1.29 is 0 Å². The smallest absolute Gasteiger partial charge is 0.0683 e. The molecule has 0 aliphatic carbocycles. The van der Waals surface area contributed by atoms with Crippen LogP contribution in [-0.2, 0) is 13.0 Å². The molecule has 3 heteroatoms. The van der Waals surface area contributed by atoms with Gasteiger partial charge in [-0.3, -0.25) is 4.90 Å². The molecule has 116 valence electrons. The van der Waals surface area contributed by atoms with E-state index in [9.17, 15) is 0 Å². The molecule has 0 aromatic heterocycles. The maximum atomic E-state index is 6.51. The third-order valence-corrected chi connectivity index (χ3v) is 5.00. The fourth-order valence-corrected chi connectivity index (χ4v) is 3.35. The molecule has 0 saturated carbocycles. The third kappa shape index (κ3) is 2.99. The maximum Gasteiger partial charge on any atom is 0.0683 e. The zero-order valence-electron chi connectivity index (χ0n) is 13.4. The summed E-state index contributed by atoms with van der Waals surface area (Å²) in [6.45, 7) is 12.3. The number of piperazine rings is 1. The highest BCUT2D eigenvalue weighted by Gasteiger charge is 2.26. The maximum absolute atomic E-state index is 6.51. The summed E-state index contributed by atoms with van der Waals surface area (Å²) in [5, 5.41) is 0.825. The Kier molecular flexibility index (Phi) is 4.42. The van der Waals surface area contributed by atoms with Gasteiger partial charge in [0.15, 0.2) is 0 Å². The second-order valence-electron chi connectivity index (χ2n) is 6.13. The predicted molar refractivity (Wildman–Crippen MR) is 93.6 cm³/mol. The lowest BCUT2D eigenvalue weighted by molar-refractivity contribution is 0.199. The van der Waals surface area contributed by atoms with Gasteiger partial charge < -0.3 is 4.90 Å². The lowest BCUT2D eigenvalue weighted by Gasteiger charge is -2.39. The van der Waals surface area contributed by atoms with Gasteiger partial charge >= 0.3 is 0 Å². The van der Waals surface area contributed by atoms with Gasteiger partial charge in [-0.2, -0.15) is 0 Å². The Hall–Kier alpha value is -1.51. The number of rotatable bonds is 3. The van der Waals surface area contributed by atoms with E-state index in [-0.39, 0.29) is 0 Å². The highest BCUT2D eigenvalue weighted by molar-refractivity contribution is 6.32. The van der Waals surface area contributed by atoms with Crippen LogP contribution in [0.5, 0.6) is 0 Å². The number of aryl methyl sites for hydroxylation is 1. The van der Waals surface area contributed by atoms with Crippen molar-refractivity contribution in [3.8, 4) is 0 Å². The summed E-state index contributed by atoms with van der Waals surface area (Å²) in [5.74, 6) is 0. The van der Waals surface area contributed by atoms with E-state index in [2.05, 4.69) is 60.7 Å². The molecule has 2 aliphatic rings. The first kappa shape index (κ1) is 15.4. The molecule has 1 aromatic carbocycles. The first-order chi connectivity index (χ1) is 10.6. The first-order valence-electron chi connectivity index (χ1n) is 7.92. The highest BCUT2D eigenvalue weighted by Crippen LogP contribution is 2.33. The van der Waals surface area contributed by atoms with Gasteiger partial charge in [0.1, 0.15) is 0 Å². The molecule has 0 amide bonds. The zero-order chi connectivity index (χ0) is 15.7. The number of fused-ring (bicyclic) bond motifs is 1. The van der Waals surface area contributed by atoms with Crippen molar-refractivity contribution in [2.45, 2.75) is 26.8 Å². The van der Waals surface area contributed by atoms with Crippen LogP contribution in [0.1, 0.15) is 25.0 Å². The Morgan fingerprint density at radius 1 is 1.14 bits per heavy atom. The topological polar surface area (TPSA) is 6.48 Å². The normalized spacial score (nSPS) is 19.3. The van der Waals surface area contributed by atoms with E-state index in [4.69, 9.17) is 11.6 Å². The fourth-order valence-electron chi connectivity index (χ4n) is 3.04. The quantitative estimate of drug-likeness (QED) is 0.821. The molecule has 2 nitrogen and oxygen atoms in total. The molecule has 1 aromatic rings. The van der Waals surface area contributed by atoms with Crippen molar-refractivity contribution in [3.05, 3.63) is 70.0 Å². The molecule has 0 radical (unpaired) electrons. The zero-order valence-corrected chi connectivity index (χ0v) is 14.2. The van der Waals surface area contributed by atoms with Gasteiger partial charge in [-0.05, 0) is 35.6 Å². The van der Waals surface area contributed by atoms with E-state index in [0.29, 0.717) is 0 Å². The molecule has 1 fully saturated rings. The van der Waals surface area contributed by atoms with E-state index in [1.165, 1.54) is 16.8 Å². The molecular weight excluding hydrogens is 292 g/mol. The summed E-state index contributed by atoms with van der Waals surface area (Å²) in [6, 6.07) is 8.94. The monoisotopic (exact) mass is 314 g/mol. The summed E-state index contributed by atoms with van der Waals surface area (Å²) >= 11 is 6.51. The lowest BCUT2D eigenvalue weighted by atomic mass is 10.0. The van der Waals surface area contributed by atoms with Gasteiger partial charge in [0.05, 0.1) is 10.7 Å². The van der Waals surface area contributed by atoms with Crippen LogP contribution in [0.3, 0.4) is 0 Å². The minimum absolute atomic E-state index is 0.825. The van der Waals surface area contributed by atoms with E-state index in [0.717, 1.165) is 48.8 Å². The van der Waals surface area contributed by atoms with Crippen LogP contribution in [0.25, 0.3) is 0 Å². The van der Waals surface area contributed by atoms with Gasteiger partial charge in [0, 0.05) is 32.4 Å². The first-order valence-corrected chi connectivity index (χ1v) is 8.30. The van der Waals surface area contributed by atoms with Crippen molar-refractivity contribution in [2.75, 3.05) is 19.6 Å². The Labute approximate surface area is 138 Å². The number of hydrogen-bond acceptors (Lipinski definition) is 2. The number of halogens is 1. The molecule has 0 N–H and O–H groups in total. The minimum Gasteiger partial charge on any atom is -0.347 e. The van der Waals surface area contributed by atoms with Crippen molar-refractivity contribution in [1.82, 2.24) is 9.80 Å². The minimum atomic E-state index is 0.825. The predicted octanol–water partition coefficient (Wildman–Crippen LogP) is 4.29. The van der Waals surface area contributed by atoms with Gasteiger partial charge in [0.25, 0.3) is 0 Å². The Bertz CT molecular complexity index is 640. The average molecular weight is 315 g/mol. The number of hydrogen-bond donors (Lipinski definition) is 0. The fraction of sp³-hybridized carbons (Fsp3) is 0.368.